The van der Waals surface area contributed by atoms with Crippen molar-refractivity contribution in [1.29, 1.82) is 0 Å². The molecular weight excluding hydrogens is 182 g/mol. The number of hydrazine groups is 1. The smallest absolute Gasteiger partial charge is 0.256 e. The molecule has 1 heterocycles. The molecule has 1 aliphatic heterocycles. The molecule has 3 N–H and O–H groups in total. The number of likely N-dealkylation sites (tertiary alicyclic amines) is 1. The number of nitrogens with one attached hydrogen (secondary N) is 1. The molecule has 1 rings (SSSR count). The Balaban J connectivity index is 2.63. The Morgan fingerprint density at radius 1 is 1.50 bits per heavy atom. The lowest BCUT2D eigenvalue weighted by Crippen LogP contribution is -2.49. The summed E-state index contributed by atoms with van der Waals surface area (Å²) in [5.74, 6) is 4.78. The van der Waals surface area contributed by atoms with Gasteiger partial charge in [0.1, 0.15) is 6.04 Å². The number of nitrogens with two attached hydrogens (primary N) is 1. The van der Waals surface area contributed by atoms with E-state index in [4.69, 9.17) is 5.84 Å². The lowest BCUT2D eigenvalue weighted by Gasteiger charge is -2.26. The van der Waals surface area contributed by atoms with Crippen LogP contribution in [0.5, 0.6) is 0 Å². The molecule has 1 aliphatic rings. The van der Waals surface area contributed by atoms with E-state index in [9.17, 15) is 9.59 Å². The Bertz CT molecular complexity index is 230. The summed E-state index contributed by atoms with van der Waals surface area (Å²) in [5.41, 5.74) is 2.07. The zero-order valence-electron chi connectivity index (χ0n) is 8.45. The zero-order valence-corrected chi connectivity index (χ0v) is 8.45. The summed E-state index contributed by atoms with van der Waals surface area (Å²) in [6.07, 6.45) is 3.49. The van der Waals surface area contributed by atoms with Gasteiger partial charge in [0.05, 0.1) is 0 Å². The molecule has 80 valence electrons. The number of hydrogen-bond acceptors (Lipinski definition) is 3. The highest BCUT2D eigenvalue weighted by Crippen LogP contribution is 2.13. The van der Waals surface area contributed by atoms with Crippen LogP contribution in [-0.2, 0) is 9.59 Å². The molecule has 1 fully saturated rings. The van der Waals surface area contributed by atoms with Gasteiger partial charge in [0.2, 0.25) is 5.91 Å². The first-order chi connectivity index (χ1) is 6.66. The molecule has 0 spiro atoms. The van der Waals surface area contributed by atoms with Crippen molar-refractivity contribution in [3.8, 4) is 0 Å². The second-order valence-electron chi connectivity index (χ2n) is 3.58. The first kappa shape index (κ1) is 11.0. The Morgan fingerprint density at radius 2 is 2.21 bits per heavy atom. The molecule has 1 unspecified atom stereocenters. The molecule has 2 amide bonds. The second kappa shape index (κ2) is 4.95. The summed E-state index contributed by atoms with van der Waals surface area (Å²) in [6.45, 7) is 2.36. The van der Waals surface area contributed by atoms with E-state index in [0.717, 1.165) is 19.3 Å². The summed E-state index contributed by atoms with van der Waals surface area (Å²) in [4.78, 5) is 24.4. The van der Waals surface area contributed by atoms with E-state index in [1.807, 2.05) is 0 Å². The van der Waals surface area contributed by atoms with Crippen LogP contribution >= 0.6 is 0 Å². The zero-order chi connectivity index (χ0) is 10.6. The largest absolute Gasteiger partial charge is 0.331 e. The van der Waals surface area contributed by atoms with Gasteiger partial charge in [0.15, 0.2) is 0 Å². The molecule has 1 saturated heterocycles. The van der Waals surface area contributed by atoms with Crippen molar-refractivity contribution in [2.45, 2.75) is 38.6 Å². The molecule has 1 atom stereocenters. The van der Waals surface area contributed by atoms with Crippen molar-refractivity contribution in [3.63, 3.8) is 0 Å². The summed E-state index contributed by atoms with van der Waals surface area (Å²) in [6, 6.07) is -0.453. The number of amides is 2. The van der Waals surface area contributed by atoms with Gasteiger partial charge in [-0.2, -0.15) is 0 Å². The number of carbonyl (C=O) groups is 2. The standard InChI is InChI=1S/C9H17N3O2/c1-7(9(14)11-10)12-6-4-2-3-5-8(12)13/h7H,2-6,10H2,1H3,(H,11,14). The maximum atomic E-state index is 11.6. The van der Waals surface area contributed by atoms with Crippen LogP contribution < -0.4 is 11.3 Å². The number of carbonyl (C=O) groups excluding carboxylic acids is 2. The molecule has 14 heavy (non-hydrogen) atoms. The first-order valence-corrected chi connectivity index (χ1v) is 4.96. The Hall–Kier alpha value is -1.10. The van der Waals surface area contributed by atoms with Crippen LogP contribution in [0.1, 0.15) is 32.6 Å². The topological polar surface area (TPSA) is 75.4 Å². The third kappa shape index (κ3) is 2.45. The van der Waals surface area contributed by atoms with Crippen LogP contribution in [0.4, 0.5) is 0 Å². The quantitative estimate of drug-likeness (QED) is 0.366. The monoisotopic (exact) mass is 199 g/mol. The molecule has 0 bridgehead atoms. The first-order valence-electron chi connectivity index (χ1n) is 4.96. The maximum absolute atomic E-state index is 11.6. The molecule has 5 nitrogen and oxygen atoms in total. The van der Waals surface area contributed by atoms with E-state index in [2.05, 4.69) is 5.43 Å². The minimum absolute atomic E-state index is 0.0543. The van der Waals surface area contributed by atoms with Gasteiger partial charge in [-0.1, -0.05) is 6.42 Å². The minimum atomic E-state index is -0.453. The average Bonchev–Trinajstić information content (AvgIpc) is 2.40. The normalized spacial score (nSPS) is 20.1. The fourth-order valence-electron chi connectivity index (χ4n) is 1.68. The third-order valence-electron chi connectivity index (χ3n) is 2.60. The van der Waals surface area contributed by atoms with Crippen molar-refractivity contribution in [3.05, 3.63) is 0 Å². The lowest BCUT2D eigenvalue weighted by atomic mass is 10.2. The SMILES string of the molecule is CC(C(=O)NN)N1CCCCCC1=O. The molecule has 0 saturated carbocycles. The highest BCUT2D eigenvalue weighted by Gasteiger charge is 2.25. The van der Waals surface area contributed by atoms with E-state index in [1.165, 1.54) is 0 Å². The van der Waals surface area contributed by atoms with Crippen LogP contribution in [-0.4, -0.2) is 29.3 Å². The molecule has 0 radical (unpaired) electrons. The highest BCUT2D eigenvalue weighted by atomic mass is 16.2. The van der Waals surface area contributed by atoms with E-state index in [1.54, 1.807) is 11.8 Å². The van der Waals surface area contributed by atoms with E-state index in [-0.39, 0.29) is 11.8 Å². The molecule has 5 heteroatoms. The Morgan fingerprint density at radius 3 is 2.86 bits per heavy atom. The highest BCUT2D eigenvalue weighted by molar-refractivity contribution is 5.87. The van der Waals surface area contributed by atoms with Crippen LogP contribution in [0.25, 0.3) is 0 Å². The van der Waals surface area contributed by atoms with Crippen molar-refractivity contribution in [1.82, 2.24) is 10.3 Å². The van der Waals surface area contributed by atoms with Crippen LogP contribution in [0.2, 0.25) is 0 Å². The van der Waals surface area contributed by atoms with E-state index >= 15 is 0 Å². The molecule has 0 aromatic heterocycles. The maximum Gasteiger partial charge on any atom is 0.256 e. The fraction of sp³-hybridized carbons (Fsp3) is 0.778. The second-order valence-corrected chi connectivity index (χ2v) is 3.58. The third-order valence-corrected chi connectivity index (χ3v) is 2.60. The molecule has 0 aliphatic carbocycles. The van der Waals surface area contributed by atoms with Gasteiger partial charge >= 0.3 is 0 Å². The van der Waals surface area contributed by atoms with Gasteiger partial charge in [0, 0.05) is 13.0 Å². The summed E-state index contributed by atoms with van der Waals surface area (Å²) >= 11 is 0. The van der Waals surface area contributed by atoms with Crippen LogP contribution in [0.15, 0.2) is 0 Å². The number of hydrogen-bond donors (Lipinski definition) is 2. The molecule has 0 aromatic rings. The predicted octanol–water partition coefficient (Wildman–Crippen LogP) is -0.233. The van der Waals surface area contributed by atoms with Crippen molar-refractivity contribution < 1.29 is 9.59 Å². The molecule has 0 aromatic carbocycles. The van der Waals surface area contributed by atoms with Crippen molar-refractivity contribution >= 4 is 11.8 Å². The van der Waals surface area contributed by atoms with Gasteiger partial charge in [-0.3, -0.25) is 15.0 Å². The van der Waals surface area contributed by atoms with E-state index in [0.29, 0.717) is 13.0 Å². The van der Waals surface area contributed by atoms with E-state index < -0.39 is 6.04 Å². The summed E-state index contributed by atoms with van der Waals surface area (Å²) in [5, 5.41) is 0. The molecular formula is C9H17N3O2. The summed E-state index contributed by atoms with van der Waals surface area (Å²) < 4.78 is 0. The number of nitrogens with zero attached hydrogens (tertiary/aromatic N) is 1. The average molecular weight is 199 g/mol. The fourth-order valence-corrected chi connectivity index (χ4v) is 1.68. The van der Waals surface area contributed by atoms with Gasteiger partial charge in [-0.25, -0.2) is 5.84 Å². The van der Waals surface area contributed by atoms with Crippen molar-refractivity contribution in [2.75, 3.05) is 6.54 Å². The summed E-state index contributed by atoms with van der Waals surface area (Å²) in [7, 11) is 0. The Labute approximate surface area is 83.6 Å². The van der Waals surface area contributed by atoms with Gasteiger partial charge in [-0.15, -0.1) is 0 Å². The predicted molar refractivity (Wildman–Crippen MR) is 52.0 cm³/mol. The Kier molecular flexibility index (Phi) is 3.88. The lowest BCUT2D eigenvalue weighted by molar-refractivity contribution is -0.139. The van der Waals surface area contributed by atoms with Crippen LogP contribution in [0, 0.1) is 0 Å². The van der Waals surface area contributed by atoms with Crippen LogP contribution in [0.3, 0.4) is 0 Å². The van der Waals surface area contributed by atoms with Gasteiger partial charge in [-0.05, 0) is 19.8 Å². The van der Waals surface area contributed by atoms with Gasteiger partial charge in [0.25, 0.3) is 5.91 Å². The van der Waals surface area contributed by atoms with Gasteiger partial charge < -0.3 is 4.90 Å². The number of rotatable bonds is 2. The minimum Gasteiger partial charge on any atom is -0.331 e. The van der Waals surface area contributed by atoms with Crippen molar-refractivity contribution in [2.24, 2.45) is 5.84 Å².